The number of nitrogens with one attached hydrogen (secondary N) is 1. The summed E-state index contributed by atoms with van der Waals surface area (Å²) in [6, 6.07) is 0.591. The molecular weight excluding hydrogens is 264 g/mol. The minimum Gasteiger partial charge on any atom is -0.354 e. The predicted octanol–water partition coefficient (Wildman–Crippen LogP) is 2.51. The fourth-order valence-electron chi connectivity index (χ4n) is 3.81. The van der Waals surface area contributed by atoms with Gasteiger partial charge in [0.25, 0.3) is 0 Å². The molecular formula is C17H30N2O2. The number of likely N-dealkylation sites (tertiary alicyclic amines) is 1. The molecule has 0 radical (unpaired) electrons. The molecule has 2 rings (SSSR count). The second kappa shape index (κ2) is 7.92. The van der Waals surface area contributed by atoms with Crippen LogP contribution in [-0.4, -0.2) is 41.8 Å². The molecule has 2 unspecified atom stereocenters. The van der Waals surface area contributed by atoms with E-state index in [1.807, 2.05) is 13.8 Å². The lowest BCUT2D eigenvalue weighted by molar-refractivity contribution is -0.127. The van der Waals surface area contributed by atoms with Crippen molar-refractivity contribution >= 4 is 11.7 Å². The van der Waals surface area contributed by atoms with Gasteiger partial charge >= 0.3 is 0 Å². The van der Waals surface area contributed by atoms with E-state index in [4.69, 9.17) is 0 Å². The van der Waals surface area contributed by atoms with Crippen LogP contribution in [-0.2, 0) is 9.59 Å². The number of Topliss-reactive ketones (excluding diaryl/α,β-unsaturated/α-hetero) is 1. The van der Waals surface area contributed by atoms with Crippen LogP contribution in [0, 0.1) is 5.92 Å². The average molecular weight is 294 g/mol. The van der Waals surface area contributed by atoms with Crippen LogP contribution in [0.1, 0.15) is 65.2 Å². The molecule has 1 N–H and O–H groups in total. The zero-order chi connectivity index (χ0) is 15.2. The number of rotatable bonds is 5. The lowest BCUT2D eigenvalue weighted by atomic mass is 9.79. The van der Waals surface area contributed by atoms with Crippen molar-refractivity contribution in [3.8, 4) is 0 Å². The standard InChI is InChI=1S/C17H30N2O2/c1-13(2)18-17(21)10-12-19-11-6-5-8-15(19)14-7-3-4-9-16(14)20/h13-15H,3-12H2,1-2H3,(H,18,21). The van der Waals surface area contributed by atoms with Crippen LogP contribution in [0.3, 0.4) is 0 Å². The number of piperidine rings is 1. The Hall–Kier alpha value is -0.900. The van der Waals surface area contributed by atoms with Gasteiger partial charge in [-0.3, -0.25) is 14.5 Å². The van der Waals surface area contributed by atoms with E-state index in [1.165, 1.54) is 19.3 Å². The van der Waals surface area contributed by atoms with Crippen LogP contribution in [0.5, 0.6) is 0 Å². The summed E-state index contributed by atoms with van der Waals surface area (Å²) in [5, 5.41) is 2.95. The van der Waals surface area contributed by atoms with Crippen molar-refractivity contribution in [3.05, 3.63) is 0 Å². The Morgan fingerprint density at radius 2 is 2.00 bits per heavy atom. The van der Waals surface area contributed by atoms with E-state index in [-0.39, 0.29) is 17.9 Å². The summed E-state index contributed by atoms with van der Waals surface area (Å²) in [6.45, 7) is 5.82. The number of carbonyl (C=O) groups excluding carboxylic acids is 2. The SMILES string of the molecule is CC(C)NC(=O)CCN1CCCCC1C1CCCCC1=O. The van der Waals surface area contributed by atoms with E-state index in [0.717, 1.165) is 38.8 Å². The van der Waals surface area contributed by atoms with E-state index in [0.29, 0.717) is 18.2 Å². The molecule has 1 aliphatic heterocycles. The van der Waals surface area contributed by atoms with Gasteiger partial charge in [0.15, 0.2) is 0 Å². The maximum atomic E-state index is 12.2. The lowest BCUT2D eigenvalue weighted by Crippen LogP contribution is -2.48. The zero-order valence-corrected chi connectivity index (χ0v) is 13.6. The smallest absolute Gasteiger partial charge is 0.221 e. The van der Waals surface area contributed by atoms with E-state index >= 15 is 0 Å². The van der Waals surface area contributed by atoms with Crippen molar-refractivity contribution in [3.63, 3.8) is 0 Å². The highest BCUT2D eigenvalue weighted by Crippen LogP contribution is 2.31. The number of nitrogens with zero attached hydrogens (tertiary/aromatic N) is 1. The topological polar surface area (TPSA) is 49.4 Å². The number of amides is 1. The Morgan fingerprint density at radius 3 is 2.71 bits per heavy atom. The summed E-state index contributed by atoms with van der Waals surface area (Å²) in [5.74, 6) is 0.821. The van der Waals surface area contributed by atoms with Crippen LogP contribution >= 0.6 is 0 Å². The molecule has 21 heavy (non-hydrogen) atoms. The summed E-state index contributed by atoms with van der Waals surface area (Å²) < 4.78 is 0. The number of hydrogen-bond donors (Lipinski definition) is 1. The zero-order valence-electron chi connectivity index (χ0n) is 13.6. The Labute approximate surface area is 128 Å². The van der Waals surface area contributed by atoms with Gasteiger partial charge in [-0.05, 0) is 46.1 Å². The Balaban J connectivity index is 1.89. The van der Waals surface area contributed by atoms with E-state index in [1.54, 1.807) is 0 Å². The molecule has 4 nitrogen and oxygen atoms in total. The fraction of sp³-hybridized carbons (Fsp3) is 0.882. The third kappa shape index (κ3) is 4.80. The molecule has 4 heteroatoms. The Kier molecular flexibility index (Phi) is 6.22. The van der Waals surface area contributed by atoms with Crippen LogP contribution in [0.15, 0.2) is 0 Å². The van der Waals surface area contributed by atoms with Gasteiger partial charge in [-0.25, -0.2) is 0 Å². The van der Waals surface area contributed by atoms with Gasteiger partial charge in [0.1, 0.15) is 5.78 Å². The maximum absolute atomic E-state index is 12.2. The molecule has 0 aromatic rings. The van der Waals surface area contributed by atoms with Gasteiger partial charge in [-0.1, -0.05) is 12.8 Å². The number of carbonyl (C=O) groups is 2. The molecule has 0 bridgehead atoms. The first-order valence-electron chi connectivity index (χ1n) is 8.64. The first-order valence-corrected chi connectivity index (χ1v) is 8.64. The highest BCUT2D eigenvalue weighted by Gasteiger charge is 2.35. The van der Waals surface area contributed by atoms with Crippen molar-refractivity contribution in [1.82, 2.24) is 10.2 Å². The predicted molar refractivity (Wildman–Crippen MR) is 84.1 cm³/mol. The normalized spacial score (nSPS) is 27.9. The minimum atomic E-state index is 0.129. The van der Waals surface area contributed by atoms with Gasteiger partial charge in [0.2, 0.25) is 5.91 Å². The van der Waals surface area contributed by atoms with Crippen molar-refractivity contribution < 1.29 is 9.59 Å². The molecule has 1 saturated heterocycles. The first kappa shape index (κ1) is 16.5. The van der Waals surface area contributed by atoms with Crippen LogP contribution < -0.4 is 5.32 Å². The largest absolute Gasteiger partial charge is 0.354 e. The van der Waals surface area contributed by atoms with Crippen LogP contribution in [0.4, 0.5) is 0 Å². The molecule has 1 saturated carbocycles. The molecule has 1 aliphatic carbocycles. The monoisotopic (exact) mass is 294 g/mol. The molecule has 2 aliphatic rings. The van der Waals surface area contributed by atoms with Crippen LogP contribution in [0.25, 0.3) is 0 Å². The van der Waals surface area contributed by atoms with Gasteiger partial charge in [-0.15, -0.1) is 0 Å². The molecule has 2 atom stereocenters. The number of hydrogen-bond acceptors (Lipinski definition) is 3. The third-order valence-corrected chi connectivity index (χ3v) is 4.81. The quantitative estimate of drug-likeness (QED) is 0.847. The van der Waals surface area contributed by atoms with Gasteiger partial charge in [0, 0.05) is 37.4 Å². The molecule has 1 heterocycles. The maximum Gasteiger partial charge on any atom is 0.221 e. The fourth-order valence-corrected chi connectivity index (χ4v) is 3.81. The average Bonchev–Trinajstić information content (AvgIpc) is 2.45. The summed E-state index contributed by atoms with van der Waals surface area (Å²) in [4.78, 5) is 26.5. The van der Waals surface area contributed by atoms with E-state index in [2.05, 4.69) is 10.2 Å². The Morgan fingerprint density at radius 1 is 1.24 bits per heavy atom. The van der Waals surface area contributed by atoms with Gasteiger partial charge < -0.3 is 5.32 Å². The summed E-state index contributed by atoms with van der Waals surface area (Å²) in [6.07, 6.45) is 8.18. The molecule has 0 aromatic heterocycles. The highest BCUT2D eigenvalue weighted by molar-refractivity contribution is 5.82. The Bertz CT molecular complexity index is 368. The third-order valence-electron chi connectivity index (χ3n) is 4.81. The minimum absolute atomic E-state index is 0.129. The first-order chi connectivity index (χ1) is 10.1. The second-order valence-corrected chi connectivity index (χ2v) is 6.89. The van der Waals surface area contributed by atoms with Crippen LogP contribution in [0.2, 0.25) is 0 Å². The molecule has 0 aromatic carbocycles. The molecule has 1 amide bonds. The summed E-state index contributed by atoms with van der Waals surface area (Å²) in [5.41, 5.74) is 0. The van der Waals surface area contributed by atoms with Gasteiger partial charge in [0.05, 0.1) is 0 Å². The van der Waals surface area contributed by atoms with E-state index in [9.17, 15) is 9.59 Å². The summed E-state index contributed by atoms with van der Waals surface area (Å²) >= 11 is 0. The van der Waals surface area contributed by atoms with Gasteiger partial charge in [-0.2, -0.15) is 0 Å². The molecule has 2 fully saturated rings. The second-order valence-electron chi connectivity index (χ2n) is 6.89. The highest BCUT2D eigenvalue weighted by atomic mass is 16.1. The lowest BCUT2D eigenvalue weighted by Gasteiger charge is -2.41. The summed E-state index contributed by atoms with van der Waals surface area (Å²) in [7, 11) is 0. The molecule has 0 spiro atoms. The van der Waals surface area contributed by atoms with E-state index < -0.39 is 0 Å². The van der Waals surface area contributed by atoms with Crippen molar-refractivity contribution in [2.45, 2.75) is 77.3 Å². The molecule has 120 valence electrons. The van der Waals surface area contributed by atoms with Crippen molar-refractivity contribution in [2.75, 3.05) is 13.1 Å². The van der Waals surface area contributed by atoms with Crippen molar-refractivity contribution in [1.29, 1.82) is 0 Å². The number of ketones is 1. The van der Waals surface area contributed by atoms with Crippen molar-refractivity contribution in [2.24, 2.45) is 5.92 Å².